The quantitative estimate of drug-likeness (QED) is 0.397. The molecule has 4 nitrogen and oxygen atoms in total. The Morgan fingerprint density at radius 1 is 1.04 bits per heavy atom. The van der Waals surface area contributed by atoms with Gasteiger partial charge in [0.1, 0.15) is 19.3 Å². The Labute approximate surface area is 165 Å². The smallest absolute Gasteiger partial charge is 0.354 e. The molecule has 0 bridgehead atoms. The summed E-state index contributed by atoms with van der Waals surface area (Å²) in [6.45, 7) is 2.62. The van der Waals surface area contributed by atoms with Crippen molar-refractivity contribution in [2.75, 3.05) is 13.7 Å². The van der Waals surface area contributed by atoms with Crippen LogP contribution >= 0.6 is 0 Å². The number of methoxy groups -OCH3 is 1. The van der Waals surface area contributed by atoms with Crippen molar-refractivity contribution < 1.29 is 14.3 Å². The Hall–Kier alpha value is -3.21. The van der Waals surface area contributed by atoms with Gasteiger partial charge in [-0.25, -0.2) is 4.79 Å². The molecule has 2 radical (unpaired) electrons. The standard InChI is InChI=1S/C23H20BNO3/c1-3-28-23(26)20-13-19-21(27-2)12-16-8-4-5-10-18(16)22(19)25(20)14-15-7-6-9-17(24)11-15/h4-13H,3,14H2,1-2H3. The number of carbonyl (C=O) groups excluding carboxylic acids is 1. The van der Waals surface area contributed by atoms with Crippen molar-refractivity contribution in [3.05, 3.63) is 71.9 Å². The maximum Gasteiger partial charge on any atom is 0.354 e. The molecule has 0 aliphatic carbocycles. The minimum Gasteiger partial charge on any atom is -0.496 e. The molecule has 0 saturated carbocycles. The number of carbonyl (C=O) groups is 1. The molecule has 3 aromatic carbocycles. The van der Waals surface area contributed by atoms with E-state index >= 15 is 0 Å². The summed E-state index contributed by atoms with van der Waals surface area (Å²) in [4.78, 5) is 12.7. The Morgan fingerprint density at radius 2 is 1.86 bits per heavy atom. The first-order valence-corrected chi connectivity index (χ1v) is 9.23. The molecule has 0 atom stereocenters. The minimum absolute atomic E-state index is 0.316. The third-order valence-electron chi connectivity index (χ3n) is 4.86. The zero-order valence-electron chi connectivity index (χ0n) is 15.9. The molecular formula is C23H20BNO3. The summed E-state index contributed by atoms with van der Waals surface area (Å²) < 4.78 is 12.9. The van der Waals surface area contributed by atoms with Crippen molar-refractivity contribution in [1.29, 1.82) is 0 Å². The third-order valence-corrected chi connectivity index (χ3v) is 4.86. The summed E-state index contributed by atoms with van der Waals surface area (Å²) in [5.41, 5.74) is 3.14. The predicted molar refractivity (Wildman–Crippen MR) is 113 cm³/mol. The zero-order valence-corrected chi connectivity index (χ0v) is 15.9. The molecule has 1 aromatic heterocycles. The fourth-order valence-corrected chi connectivity index (χ4v) is 3.67. The lowest BCUT2D eigenvalue weighted by Gasteiger charge is -2.13. The van der Waals surface area contributed by atoms with Gasteiger partial charge in [-0.2, -0.15) is 0 Å². The summed E-state index contributed by atoms with van der Waals surface area (Å²) >= 11 is 0. The SMILES string of the molecule is [B]c1cccc(Cn2c(C(=O)OCC)cc3c(OC)cc4ccccc4c32)c1. The molecule has 5 heteroatoms. The van der Waals surface area contributed by atoms with Crippen LogP contribution < -0.4 is 10.2 Å². The Bertz CT molecular complexity index is 1180. The number of nitrogens with zero attached hydrogens (tertiary/aromatic N) is 1. The first-order valence-electron chi connectivity index (χ1n) is 9.23. The van der Waals surface area contributed by atoms with Gasteiger partial charge in [-0.1, -0.05) is 54.0 Å². The fraction of sp³-hybridized carbons (Fsp3) is 0.174. The van der Waals surface area contributed by atoms with Gasteiger partial charge in [0.05, 0.1) is 19.2 Å². The van der Waals surface area contributed by atoms with Crippen LogP contribution in [0.5, 0.6) is 5.75 Å². The first kappa shape index (κ1) is 18.2. The molecule has 4 aromatic rings. The number of esters is 1. The fourth-order valence-electron chi connectivity index (χ4n) is 3.67. The summed E-state index contributed by atoms with van der Waals surface area (Å²) in [5, 5.41) is 2.99. The first-order chi connectivity index (χ1) is 13.6. The summed E-state index contributed by atoms with van der Waals surface area (Å²) in [5.74, 6) is 0.374. The lowest BCUT2D eigenvalue weighted by molar-refractivity contribution is 0.0515. The molecule has 0 amide bonds. The van der Waals surface area contributed by atoms with Crippen molar-refractivity contribution >= 4 is 41.0 Å². The maximum atomic E-state index is 12.7. The van der Waals surface area contributed by atoms with E-state index in [2.05, 4.69) is 6.07 Å². The monoisotopic (exact) mass is 369 g/mol. The van der Waals surface area contributed by atoms with Gasteiger partial charge in [0.15, 0.2) is 0 Å². The van der Waals surface area contributed by atoms with Gasteiger partial charge in [0.25, 0.3) is 0 Å². The molecule has 138 valence electrons. The Morgan fingerprint density at radius 3 is 2.61 bits per heavy atom. The molecule has 0 saturated heterocycles. The van der Waals surface area contributed by atoms with Crippen molar-refractivity contribution in [1.82, 2.24) is 4.57 Å². The molecular weight excluding hydrogens is 349 g/mol. The van der Waals surface area contributed by atoms with E-state index in [-0.39, 0.29) is 5.97 Å². The van der Waals surface area contributed by atoms with E-state index in [4.69, 9.17) is 17.3 Å². The van der Waals surface area contributed by atoms with Crippen molar-refractivity contribution in [3.8, 4) is 5.75 Å². The third kappa shape index (κ3) is 3.13. The topological polar surface area (TPSA) is 40.5 Å². The van der Waals surface area contributed by atoms with E-state index in [1.807, 2.05) is 59.2 Å². The van der Waals surface area contributed by atoms with Crippen LogP contribution in [0.4, 0.5) is 0 Å². The Balaban J connectivity index is 2.04. The van der Waals surface area contributed by atoms with Gasteiger partial charge in [0.2, 0.25) is 0 Å². The van der Waals surface area contributed by atoms with E-state index in [0.717, 1.165) is 33.0 Å². The van der Waals surface area contributed by atoms with Gasteiger partial charge < -0.3 is 14.0 Å². The average Bonchev–Trinajstić information content (AvgIpc) is 3.07. The van der Waals surface area contributed by atoms with Crippen LogP contribution in [0.15, 0.2) is 60.7 Å². The molecule has 0 fully saturated rings. The highest BCUT2D eigenvalue weighted by atomic mass is 16.5. The number of ether oxygens (including phenoxy) is 2. The lowest BCUT2D eigenvalue weighted by Crippen LogP contribution is -2.14. The van der Waals surface area contributed by atoms with Crippen LogP contribution in [-0.4, -0.2) is 32.1 Å². The van der Waals surface area contributed by atoms with Crippen molar-refractivity contribution in [3.63, 3.8) is 0 Å². The molecule has 0 spiro atoms. The molecule has 1 heterocycles. The number of aromatic nitrogens is 1. The second-order valence-corrected chi connectivity index (χ2v) is 6.64. The van der Waals surface area contributed by atoms with Crippen LogP contribution in [-0.2, 0) is 11.3 Å². The summed E-state index contributed by atoms with van der Waals surface area (Å²) in [6, 6.07) is 19.6. The maximum absolute atomic E-state index is 12.7. The van der Waals surface area contributed by atoms with Crippen LogP contribution in [0.1, 0.15) is 23.0 Å². The summed E-state index contributed by atoms with van der Waals surface area (Å²) in [6.07, 6.45) is 0. The number of hydrogen-bond donors (Lipinski definition) is 0. The second kappa shape index (κ2) is 7.43. The highest BCUT2D eigenvalue weighted by molar-refractivity contribution is 6.32. The van der Waals surface area contributed by atoms with Gasteiger partial charge >= 0.3 is 5.97 Å². The van der Waals surface area contributed by atoms with E-state index < -0.39 is 0 Å². The van der Waals surface area contributed by atoms with Crippen LogP contribution in [0.3, 0.4) is 0 Å². The molecule has 28 heavy (non-hydrogen) atoms. The van der Waals surface area contributed by atoms with Crippen molar-refractivity contribution in [2.45, 2.75) is 13.5 Å². The number of benzene rings is 3. The zero-order chi connectivity index (χ0) is 19.7. The molecule has 0 aliphatic heterocycles. The minimum atomic E-state index is -0.353. The van der Waals surface area contributed by atoms with Gasteiger partial charge in [-0.3, -0.25) is 0 Å². The number of hydrogen-bond acceptors (Lipinski definition) is 3. The number of fused-ring (bicyclic) bond motifs is 3. The van der Waals surface area contributed by atoms with E-state index in [1.165, 1.54) is 0 Å². The normalized spacial score (nSPS) is 11.1. The highest BCUT2D eigenvalue weighted by Gasteiger charge is 2.21. The average molecular weight is 369 g/mol. The molecule has 0 unspecified atom stereocenters. The number of rotatable bonds is 5. The van der Waals surface area contributed by atoms with E-state index in [9.17, 15) is 4.79 Å². The Kier molecular flexibility index (Phi) is 4.82. The van der Waals surface area contributed by atoms with Gasteiger partial charge in [-0.15, -0.1) is 0 Å². The van der Waals surface area contributed by atoms with Crippen LogP contribution in [0.2, 0.25) is 0 Å². The summed E-state index contributed by atoms with van der Waals surface area (Å²) in [7, 11) is 7.60. The largest absolute Gasteiger partial charge is 0.496 e. The highest BCUT2D eigenvalue weighted by Crippen LogP contribution is 2.36. The van der Waals surface area contributed by atoms with Crippen molar-refractivity contribution in [2.24, 2.45) is 0 Å². The van der Waals surface area contributed by atoms with Gasteiger partial charge in [-0.05, 0) is 30.0 Å². The lowest BCUT2D eigenvalue weighted by atomic mass is 9.94. The van der Waals surface area contributed by atoms with E-state index in [0.29, 0.717) is 24.3 Å². The van der Waals surface area contributed by atoms with Gasteiger partial charge in [0, 0.05) is 17.3 Å². The second-order valence-electron chi connectivity index (χ2n) is 6.64. The van der Waals surface area contributed by atoms with Crippen LogP contribution in [0.25, 0.3) is 21.7 Å². The van der Waals surface area contributed by atoms with Crippen LogP contribution in [0, 0.1) is 0 Å². The predicted octanol–water partition coefficient (Wildman–Crippen LogP) is 3.82. The molecule has 0 aliphatic rings. The molecule has 0 N–H and O–H groups in total. The molecule has 4 rings (SSSR count). The van der Waals surface area contributed by atoms with E-state index in [1.54, 1.807) is 14.0 Å².